The molecule has 0 aromatic heterocycles. The van der Waals surface area contributed by atoms with Crippen molar-refractivity contribution in [2.75, 3.05) is 24.6 Å². The van der Waals surface area contributed by atoms with Crippen LogP contribution in [0.1, 0.15) is 18.4 Å². The number of hydrogen-bond donors (Lipinski definition) is 2. The van der Waals surface area contributed by atoms with Gasteiger partial charge in [0.05, 0.1) is 6.61 Å². The molecule has 0 aliphatic carbocycles. The Labute approximate surface area is 110 Å². The van der Waals surface area contributed by atoms with E-state index in [1.807, 2.05) is 12.1 Å². The second-order valence-electron chi connectivity index (χ2n) is 4.54. The minimum absolute atomic E-state index is 0.0654. The van der Waals surface area contributed by atoms with E-state index in [4.69, 9.17) is 5.11 Å². The fraction of sp³-hybridized carbons (Fsp3) is 0.538. The predicted octanol–water partition coefficient (Wildman–Crippen LogP) is 2.15. The molecule has 1 heterocycles. The lowest BCUT2D eigenvalue weighted by Crippen LogP contribution is -2.21. The summed E-state index contributed by atoms with van der Waals surface area (Å²) in [6.45, 7) is 2.33. The Hall–Kier alpha value is -0.580. The number of rotatable bonds is 4. The minimum Gasteiger partial charge on any atom is -0.396 e. The average molecular weight is 300 g/mol. The summed E-state index contributed by atoms with van der Waals surface area (Å²) < 4.78 is 0.997. The third-order valence-electron chi connectivity index (χ3n) is 3.38. The monoisotopic (exact) mass is 299 g/mol. The Morgan fingerprint density at radius 3 is 2.88 bits per heavy atom. The van der Waals surface area contributed by atoms with Gasteiger partial charge in [0.1, 0.15) is 0 Å². The van der Waals surface area contributed by atoms with Crippen LogP contribution in [0.25, 0.3) is 0 Å². The van der Waals surface area contributed by atoms with E-state index in [1.54, 1.807) is 0 Å². The van der Waals surface area contributed by atoms with Gasteiger partial charge in [-0.2, -0.15) is 0 Å². The third kappa shape index (κ3) is 3.00. The highest BCUT2D eigenvalue weighted by Gasteiger charge is 2.23. The van der Waals surface area contributed by atoms with Gasteiger partial charge in [-0.1, -0.05) is 15.9 Å². The summed E-state index contributed by atoms with van der Waals surface area (Å²) in [4.78, 5) is 2.30. The van der Waals surface area contributed by atoms with E-state index in [0.29, 0.717) is 5.92 Å². The second-order valence-corrected chi connectivity index (χ2v) is 5.46. The number of nitrogens with zero attached hydrogens (tertiary/aromatic N) is 1. The first kappa shape index (κ1) is 12.9. The lowest BCUT2D eigenvalue weighted by molar-refractivity contribution is 0.263. The van der Waals surface area contributed by atoms with Crippen LogP contribution < -0.4 is 4.90 Å². The van der Waals surface area contributed by atoms with E-state index in [-0.39, 0.29) is 13.2 Å². The van der Waals surface area contributed by atoms with Crippen molar-refractivity contribution in [2.24, 2.45) is 5.92 Å². The van der Waals surface area contributed by atoms with Gasteiger partial charge < -0.3 is 15.1 Å². The standard InChI is InChI=1S/C13H18BrNO2/c14-12-1-2-13(11(7-12)9-17)15-5-3-10(8-15)4-6-16/h1-2,7,10,16-17H,3-6,8-9H2. The number of hydrogen-bond acceptors (Lipinski definition) is 3. The van der Waals surface area contributed by atoms with Gasteiger partial charge in [-0.15, -0.1) is 0 Å². The van der Waals surface area contributed by atoms with Crippen molar-refractivity contribution in [3.05, 3.63) is 28.2 Å². The minimum atomic E-state index is 0.0654. The second kappa shape index (κ2) is 5.85. The average Bonchev–Trinajstić information content (AvgIpc) is 2.78. The number of anilines is 1. The molecule has 1 aromatic rings. The zero-order valence-electron chi connectivity index (χ0n) is 9.77. The van der Waals surface area contributed by atoms with E-state index in [2.05, 4.69) is 26.9 Å². The van der Waals surface area contributed by atoms with E-state index in [1.165, 1.54) is 0 Å². The van der Waals surface area contributed by atoms with Crippen molar-refractivity contribution in [3.63, 3.8) is 0 Å². The van der Waals surface area contributed by atoms with Crippen LogP contribution in [0, 0.1) is 5.92 Å². The molecule has 0 bridgehead atoms. The van der Waals surface area contributed by atoms with Crippen molar-refractivity contribution in [1.82, 2.24) is 0 Å². The Balaban J connectivity index is 2.12. The fourth-order valence-corrected chi connectivity index (χ4v) is 2.87. The summed E-state index contributed by atoms with van der Waals surface area (Å²) in [6, 6.07) is 6.03. The molecule has 1 saturated heterocycles. The summed E-state index contributed by atoms with van der Waals surface area (Å²) in [5.41, 5.74) is 2.08. The van der Waals surface area contributed by atoms with E-state index >= 15 is 0 Å². The SMILES string of the molecule is OCCC1CCN(c2ccc(Br)cc2CO)C1. The number of aliphatic hydroxyl groups is 2. The molecule has 0 amide bonds. The topological polar surface area (TPSA) is 43.7 Å². The van der Waals surface area contributed by atoms with Gasteiger partial charge in [0.2, 0.25) is 0 Å². The van der Waals surface area contributed by atoms with Crippen LogP contribution in [0.3, 0.4) is 0 Å². The predicted molar refractivity (Wildman–Crippen MR) is 72.1 cm³/mol. The highest BCUT2D eigenvalue weighted by atomic mass is 79.9. The van der Waals surface area contributed by atoms with Crippen molar-refractivity contribution < 1.29 is 10.2 Å². The Bertz CT molecular complexity index is 384. The zero-order valence-corrected chi connectivity index (χ0v) is 11.4. The van der Waals surface area contributed by atoms with Crippen molar-refractivity contribution >= 4 is 21.6 Å². The lowest BCUT2D eigenvalue weighted by atomic mass is 10.1. The van der Waals surface area contributed by atoms with Gasteiger partial charge in [0.25, 0.3) is 0 Å². The summed E-state index contributed by atoms with van der Waals surface area (Å²) in [6.07, 6.45) is 2.00. The lowest BCUT2D eigenvalue weighted by Gasteiger charge is -2.21. The molecule has 1 aliphatic rings. The van der Waals surface area contributed by atoms with Crippen LogP contribution in [-0.4, -0.2) is 29.9 Å². The van der Waals surface area contributed by atoms with E-state index < -0.39 is 0 Å². The van der Waals surface area contributed by atoms with E-state index in [9.17, 15) is 5.11 Å². The molecule has 1 unspecified atom stereocenters. The number of benzene rings is 1. The molecule has 2 N–H and O–H groups in total. The normalized spacial score (nSPS) is 19.9. The summed E-state index contributed by atoms with van der Waals surface area (Å²) in [5.74, 6) is 0.579. The van der Waals surface area contributed by atoms with Gasteiger partial charge in [-0.3, -0.25) is 0 Å². The van der Waals surface area contributed by atoms with Crippen molar-refractivity contribution in [3.8, 4) is 0 Å². The summed E-state index contributed by atoms with van der Waals surface area (Å²) >= 11 is 3.42. The molecule has 1 aromatic carbocycles. The zero-order chi connectivity index (χ0) is 12.3. The third-order valence-corrected chi connectivity index (χ3v) is 3.87. The van der Waals surface area contributed by atoms with Gasteiger partial charge in [-0.25, -0.2) is 0 Å². The maximum atomic E-state index is 9.38. The number of halogens is 1. The maximum absolute atomic E-state index is 9.38. The molecule has 3 nitrogen and oxygen atoms in total. The molecular weight excluding hydrogens is 282 g/mol. The molecule has 17 heavy (non-hydrogen) atoms. The van der Waals surface area contributed by atoms with Crippen LogP contribution in [0.5, 0.6) is 0 Å². The van der Waals surface area contributed by atoms with Gasteiger partial charge >= 0.3 is 0 Å². The van der Waals surface area contributed by atoms with Crippen LogP contribution in [0.15, 0.2) is 22.7 Å². The van der Waals surface area contributed by atoms with Crippen molar-refractivity contribution in [1.29, 1.82) is 0 Å². The molecular formula is C13H18BrNO2. The first-order valence-electron chi connectivity index (χ1n) is 5.99. The first-order valence-corrected chi connectivity index (χ1v) is 6.79. The smallest absolute Gasteiger partial charge is 0.0702 e. The molecule has 0 radical (unpaired) electrons. The van der Waals surface area contributed by atoms with Crippen LogP contribution >= 0.6 is 15.9 Å². The Kier molecular flexibility index (Phi) is 4.42. The Morgan fingerprint density at radius 1 is 1.35 bits per heavy atom. The molecule has 94 valence electrons. The quantitative estimate of drug-likeness (QED) is 0.895. The van der Waals surface area contributed by atoms with Gasteiger partial charge in [-0.05, 0) is 37.0 Å². The molecule has 1 atom stereocenters. The van der Waals surface area contributed by atoms with Gasteiger partial charge in [0, 0.05) is 35.4 Å². The molecule has 0 spiro atoms. The van der Waals surface area contributed by atoms with Crippen molar-refractivity contribution in [2.45, 2.75) is 19.4 Å². The number of aliphatic hydroxyl groups excluding tert-OH is 2. The van der Waals surface area contributed by atoms with Crippen LogP contribution in [-0.2, 0) is 6.61 Å². The molecule has 1 fully saturated rings. The highest BCUT2D eigenvalue weighted by molar-refractivity contribution is 9.10. The first-order chi connectivity index (χ1) is 8.24. The van der Waals surface area contributed by atoms with Crippen LogP contribution in [0.2, 0.25) is 0 Å². The summed E-state index contributed by atoms with van der Waals surface area (Å²) in [7, 11) is 0. The Morgan fingerprint density at radius 2 is 2.18 bits per heavy atom. The molecule has 1 aliphatic heterocycles. The van der Waals surface area contributed by atoms with E-state index in [0.717, 1.165) is 41.7 Å². The largest absolute Gasteiger partial charge is 0.396 e. The summed E-state index contributed by atoms with van der Waals surface area (Å²) in [5, 5.41) is 18.3. The van der Waals surface area contributed by atoms with Gasteiger partial charge in [0.15, 0.2) is 0 Å². The fourth-order valence-electron chi connectivity index (χ4n) is 2.46. The molecule has 4 heteroatoms. The molecule has 0 saturated carbocycles. The highest BCUT2D eigenvalue weighted by Crippen LogP contribution is 2.30. The molecule has 2 rings (SSSR count). The van der Waals surface area contributed by atoms with Crippen LogP contribution in [0.4, 0.5) is 5.69 Å². The maximum Gasteiger partial charge on any atom is 0.0702 e.